The van der Waals surface area contributed by atoms with Gasteiger partial charge in [-0.25, -0.2) is 0 Å². The van der Waals surface area contributed by atoms with Crippen LogP contribution in [0.25, 0.3) is 0 Å². The lowest BCUT2D eigenvalue weighted by molar-refractivity contribution is -0.123. The van der Waals surface area contributed by atoms with Crippen molar-refractivity contribution in [3.8, 4) is 0 Å². The van der Waals surface area contributed by atoms with Crippen molar-refractivity contribution in [3.63, 3.8) is 0 Å². The fraction of sp³-hybridized carbons (Fsp3) is 0.769. The van der Waals surface area contributed by atoms with Crippen LogP contribution in [0.1, 0.15) is 45.4 Å². The van der Waals surface area contributed by atoms with Crippen LogP contribution < -0.4 is 10.6 Å². The van der Waals surface area contributed by atoms with Gasteiger partial charge in [-0.3, -0.25) is 4.79 Å². The number of carbonyl (C=O) groups excluding carboxylic acids is 1. The number of allylic oxidation sites excluding steroid dienone is 1. The van der Waals surface area contributed by atoms with Crippen LogP contribution in [0, 0.1) is 0 Å². The lowest BCUT2D eigenvalue weighted by Gasteiger charge is -2.22. The molecule has 0 fully saturated rings. The quantitative estimate of drug-likeness (QED) is 0.677. The minimum Gasteiger partial charge on any atom is -0.349 e. The Kier molecular flexibility index (Phi) is 6.16. The van der Waals surface area contributed by atoms with Gasteiger partial charge < -0.3 is 10.6 Å². The Morgan fingerprint density at radius 3 is 2.94 bits per heavy atom. The van der Waals surface area contributed by atoms with Gasteiger partial charge in [-0.1, -0.05) is 31.9 Å². The number of unbranched alkanes of at least 4 members (excludes halogenated alkanes) is 1. The minimum absolute atomic E-state index is 0.0322. The number of rotatable bonds is 6. The van der Waals surface area contributed by atoms with Crippen LogP contribution in [0.3, 0.4) is 0 Å². The second-order valence-electron chi connectivity index (χ2n) is 4.46. The van der Waals surface area contributed by atoms with Crippen LogP contribution in [-0.2, 0) is 4.79 Å². The molecule has 3 heteroatoms. The van der Waals surface area contributed by atoms with E-state index < -0.39 is 0 Å². The van der Waals surface area contributed by atoms with E-state index in [1.54, 1.807) is 0 Å². The molecule has 0 radical (unpaired) electrons. The van der Waals surface area contributed by atoms with Gasteiger partial charge in [-0.05, 0) is 32.7 Å². The van der Waals surface area contributed by atoms with Gasteiger partial charge in [0.1, 0.15) is 0 Å². The first-order valence-electron chi connectivity index (χ1n) is 6.42. The Morgan fingerprint density at radius 2 is 2.38 bits per heavy atom. The molecule has 92 valence electrons. The van der Waals surface area contributed by atoms with Gasteiger partial charge in [0.25, 0.3) is 0 Å². The fourth-order valence-corrected chi connectivity index (χ4v) is 2.03. The monoisotopic (exact) mass is 224 g/mol. The zero-order valence-corrected chi connectivity index (χ0v) is 10.5. The summed E-state index contributed by atoms with van der Waals surface area (Å²) in [5.74, 6) is 0.146. The molecule has 0 aromatic rings. The molecule has 3 nitrogen and oxygen atoms in total. The molecular weight excluding hydrogens is 200 g/mol. The van der Waals surface area contributed by atoms with Crippen molar-refractivity contribution in [2.24, 2.45) is 0 Å². The molecule has 0 bridgehead atoms. The summed E-state index contributed by atoms with van der Waals surface area (Å²) in [7, 11) is 1.86. The highest BCUT2D eigenvalue weighted by Crippen LogP contribution is 2.10. The summed E-state index contributed by atoms with van der Waals surface area (Å²) in [6.45, 7) is 2.15. The van der Waals surface area contributed by atoms with E-state index in [2.05, 4.69) is 29.7 Å². The third-order valence-electron chi connectivity index (χ3n) is 3.09. The molecule has 0 spiro atoms. The maximum Gasteiger partial charge on any atom is 0.237 e. The van der Waals surface area contributed by atoms with Crippen molar-refractivity contribution < 1.29 is 4.79 Å². The first-order valence-corrected chi connectivity index (χ1v) is 6.42. The molecule has 0 saturated heterocycles. The smallest absolute Gasteiger partial charge is 0.237 e. The Morgan fingerprint density at radius 1 is 1.56 bits per heavy atom. The fourth-order valence-electron chi connectivity index (χ4n) is 2.03. The molecule has 2 atom stereocenters. The molecule has 16 heavy (non-hydrogen) atoms. The molecule has 1 aliphatic rings. The molecule has 2 N–H and O–H groups in total. The molecule has 0 saturated carbocycles. The predicted octanol–water partition coefficient (Wildman–Crippen LogP) is 1.99. The van der Waals surface area contributed by atoms with Gasteiger partial charge in [0.2, 0.25) is 5.91 Å². The molecule has 1 amide bonds. The Balaban J connectivity index is 2.35. The third-order valence-corrected chi connectivity index (χ3v) is 3.09. The second kappa shape index (κ2) is 7.44. The van der Waals surface area contributed by atoms with Crippen molar-refractivity contribution in [1.82, 2.24) is 10.6 Å². The lowest BCUT2D eigenvalue weighted by Crippen LogP contribution is -2.46. The summed E-state index contributed by atoms with van der Waals surface area (Å²) in [6.07, 6.45) is 10.8. The Hall–Kier alpha value is -0.830. The van der Waals surface area contributed by atoms with E-state index in [0.29, 0.717) is 0 Å². The third kappa shape index (κ3) is 4.35. The number of carbonyl (C=O) groups is 1. The highest BCUT2D eigenvalue weighted by molar-refractivity contribution is 5.82. The molecule has 0 aliphatic heterocycles. The van der Waals surface area contributed by atoms with Gasteiger partial charge in [-0.2, -0.15) is 0 Å². The molecule has 0 heterocycles. The van der Waals surface area contributed by atoms with Crippen LogP contribution in [0.4, 0.5) is 0 Å². The van der Waals surface area contributed by atoms with Gasteiger partial charge in [0, 0.05) is 6.04 Å². The zero-order valence-electron chi connectivity index (χ0n) is 10.5. The summed E-state index contributed by atoms with van der Waals surface area (Å²) >= 11 is 0. The number of nitrogens with one attached hydrogen (secondary N) is 2. The normalized spacial score (nSPS) is 21.8. The van der Waals surface area contributed by atoms with Gasteiger partial charge in [-0.15, -0.1) is 0 Å². The summed E-state index contributed by atoms with van der Waals surface area (Å²) < 4.78 is 0. The van der Waals surface area contributed by atoms with E-state index in [4.69, 9.17) is 0 Å². The highest BCUT2D eigenvalue weighted by Gasteiger charge is 2.18. The van der Waals surface area contributed by atoms with Gasteiger partial charge in [0.05, 0.1) is 6.04 Å². The standard InChI is InChI=1S/C13H24N2O/c1-3-4-10-12(14-2)13(16)15-11-8-6-5-7-9-11/h6,8,11-12,14H,3-5,7,9-10H2,1-2H3,(H,15,16). The van der Waals surface area contributed by atoms with Crippen LogP contribution in [0.5, 0.6) is 0 Å². The zero-order chi connectivity index (χ0) is 11.8. The van der Waals surface area contributed by atoms with Crippen LogP contribution in [0.2, 0.25) is 0 Å². The highest BCUT2D eigenvalue weighted by atomic mass is 16.2. The number of likely N-dealkylation sites (N-methyl/N-ethyl adjacent to an activating group) is 1. The SMILES string of the molecule is CCCCC(NC)C(=O)NC1C=CCCC1. The number of hydrogen-bond donors (Lipinski definition) is 2. The molecule has 0 aromatic heterocycles. The molecule has 0 aromatic carbocycles. The van der Waals surface area contributed by atoms with Gasteiger partial charge in [0.15, 0.2) is 0 Å². The number of amides is 1. The molecule has 1 rings (SSSR count). The summed E-state index contributed by atoms with van der Waals surface area (Å²) in [5, 5.41) is 6.18. The van der Waals surface area contributed by atoms with Crippen molar-refractivity contribution in [1.29, 1.82) is 0 Å². The van der Waals surface area contributed by atoms with Crippen LogP contribution >= 0.6 is 0 Å². The first-order chi connectivity index (χ1) is 7.77. The average molecular weight is 224 g/mol. The van der Waals surface area contributed by atoms with E-state index in [1.165, 1.54) is 6.42 Å². The van der Waals surface area contributed by atoms with Crippen molar-refractivity contribution in [3.05, 3.63) is 12.2 Å². The maximum atomic E-state index is 11.9. The van der Waals surface area contributed by atoms with E-state index in [1.807, 2.05) is 7.05 Å². The van der Waals surface area contributed by atoms with Crippen LogP contribution in [0.15, 0.2) is 12.2 Å². The van der Waals surface area contributed by atoms with Crippen molar-refractivity contribution >= 4 is 5.91 Å². The van der Waals surface area contributed by atoms with Crippen molar-refractivity contribution in [2.45, 2.75) is 57.5 Å². The number of hydrogen-bond acceptors (Lipinski definition) is 2. The van der Waals surface area contributed by atoms with E-state index >= 15 is 0 Å². The largest absolute Gasteiger partial charge is 0.349 e. The lowest BCUT2D eigenvalue weighted by atomic mass is 10.0. The Labute approximate surface area is 98.7 Å². The molecular formula is C13H24N2O. The summed E-state index contributed by atoms with van der Waals surface area (Å²) in [4.78, 5) is 11.9. The van der Waals surface area contributed by atoms with Gasteiger partial charge >= 0.3 is 0 Å². The summed E-state index contributed by atoms with van der Waals surface area (Å²) in [6, 6.07) is 0.217. The molecule has 2 unspecified atom stereocenters. The van der Waals surface area contributed by atoms with E-state index in [0.717, 1.165) is 32.1 Å². The Bertz CT molecular complexity index is 238. The average Bonchev–Trinajstić information content (AvgIpc) is 2.31. The predicted molar refractivity (Wildman–Crippen MR) is 67.3 cm³/mol. The summed E-state index contributed by atoms with van der Waals surface area (Å²) in [5.41, 5.74) is 0. The van der Waals surface area contributed by atoms with E-state index in [-0.39, 0.29) is 18.0 Å². The maximum absolute atomic E-state index is 11.9. The molecule has 1 aliphatic carbocycles. The van der Waals surface area contributed by atoms with E-state index in [9.17, 15) is 4.79 Å². The first kappa shape index (κ1) is 13.2. The van der Waals surface area contributed by atoms with Crippen LogP contribution in [-0.4, -0.2) is 25.0 Å². The minimum atomic E-state index is -0.0322. The van der Waals surface area contributed by atoms with Crippen molar-refractivity contribution in [2.75, 3.05) is 7.05 Å². The second-order valence-corrected chi connectivity index (χ2v) is 4.46. The topological polar surface area (TPSA) is 41.1 Å².